The topological polar surface area (TPSA) is 79.9 Å². The SMILES string of the molecule is CNc1nc2oc(N)cc2[nH]1. The average molecular weight is 152 g/mol. The summed E-state index contributed by atoms with van der Waals surface area (Å²) in [6.07, 6.45) is 0. The second-order valence-corrected chi connectivity index (χ2v) is 2.20. The monoisotopic (exact) mass is 152 g/mol. The van der Waals surface area contributed by atoms with E-state index in [4.69, 9.17) is 10.2 Å². The third kappa shape index (κ3) is 0.813. The summed E-state index contributed by atoms with van der Waals surface area (Å²) in [5.74, 6) is 1.06. The number of nitrogens with two attached hydrogens (primary N) is 1. The summed E-state index contributed by atoms with van der Waals surface area (Å²) >= 11 is 0. The summed E-state index contributed by atoms with van der Waals surface area (Å²) in [7, 11) is 1.78. The lowest BCUT2D eigenvalue weighted by Crippen LogP contribution is -1.88. The Balaban J connectivity index is 2.64. The molecule has 2 aromatic rings. The highest BCUT2D eigenvalue weighted by Crippen LogP contribution is 2.19. The largest absolute Gasteiger partial charge is 0.421 e. The van der Waals surface area contributed by atoms with E-state index in [2.05, 4.69) is 15.3 Å². The van der Waals surface area contributed by atoms with Gasteiger partial charge in [-0.25, -0.2) is 0 Å². The molecule has 0 spiro atoms. The summed E-state index contributed by atoms with van der Waals surface area (Å²) < 4.78 is 5.05. The second-order valence-electron chi connectivity index (χ2n) is 2.20. The van der Waals surface area contributed by atoms with Gasteiger partial charge in [0.1, 0.15) is 5.52 Å². The van der Waals surface area contributed by atoms with Crippen LogP contribution in [0.2, 0.25) is 0 Å². The number of aromatic amines is 1. The standard InChI is InChI=1S/C6H8N4O/c1-8-6-9-3-2-4(7)11-5(3)10-6/h2H,7H2,1H3,(H2,8,9,10). The molecule has 2 rings (SSSR count). The van der Waals surface area contributed by atoms with Gasteiger partial charge in [0.2, 0.25) is 11.7 Å². The van der Waals surface area contributed by atoms with Crippen molar-refractivity contribution >= 4 is 23.1 Å². The molecule has 0 aliphatic carbocycles. The third-order valence-corrected chi connectivity index (χ3v) is 1.43. The van der Waals surface area contributed by atoms with Crippen LogP contribution in [0.15, 0.2) is 10.5 Å². The summed E-state index contributed by atoms with van der Waals surface area (Å²) in [4.78, 5) is 7.01. The van der Waals surface area contributed by atoms with Gasteiger partial charge in [-0.2, -0.15) is 4.98 Å². The van der Waals surface area contributed by atoms with Crippen molar-refractivity contribution in [1.29, 1.82) is 0 Å². The van der Waals surface area contributed by atoms with E-state index in [1.54, 1.807) is 13.1 Å². The number of nitrogens with one attached hydrogen (secondary N) is 2. The van der Waals surface area contributed by atoms with E-state index < -0.39 is 0 Å². The van der Waals surface area contributed by atoms with Gasteiger partial charge in [-0.1, -0.05) is 0 Å². The van der Waals surface area contributed by atoms with Crippen molar-refractivity contribution < 1.29 is 4.42 Å². The number of hydrogen-bond donors (Lipinski definition) is 3. The molecule has 2 aromatic heterocycles. The van der Waals surface area contributed by atoms with Gasteiger partial charge in [0.15, 0.2) is 5.88 Å². The molecule has 0 amide bonds. The number of rotatable bonds is 1. The number of imidazole rings is 1. The van der Waals surface area contributed by atoms with Crippen LogP contribution in [0.3, 0.4) is 0 Å². The number of anilines is 2. The van der Waals surface area contributed by atoms with Gasteiger partial charge in [-0.05, 0) is 0 Å². The minimum atomic E-state index is 0.376. The molecular formula is C6H8N4O. The van der Waals surface area contributed by atoms with Crippen LogP contribution in [0.1, 0.15) is 0 Å². The Bertz CT molecular complexity index is 343. The molecule has 0 aliphatic heterocycles. The highest BCUT2D eigenvalue weighted by atomic mass is 16.4. The van der Waals surface area contributed by atoms with Crippen LogP contribution < -0.4 is 11.1 Å². The maximum atomic E-state index is 5.38. The van der Waals surface area contributed by atoms with Gasteiger partial charge in [0, 0.05) is 13.1 Å². The quantitative estimate of drug-likeness (QED) is 0.564. The van der Waals surface area contributed by atoms with Crippen molar-refractivity contribution in [3.05, 3.63) is 6.07 Å². The summed E-state index contributed by atoms with van der Waals surface area (Å²) in [6, 6.07) is 1.70. The fourth-order valence-electron chi connectivity index (χ4n) is 0.948. The fraction of sp³-hybridized carbons (Fsp3) is 0.167. The lowest BCUT2D eigenvalue weighted by molar-refractivity contribution is 0.626. The van der Waals surface area contributed by atoms with Crippen molar-refractivity contribution in [3.63, 3.8) is 0 Å². The molecule has 0 saturated carbocycles. The number of aromatic nitrogens is 2. The van der Waals surface area contributed by atoms with Gasteiger partial charge in [-0.3, -0.25) is 0 Å². The average Bonchev–Trinajstić information content (AvgIpc) is 2.43. The molecule has 0 saturated heterocycles. The van der Waals surface area contributed by atoms with Crippen LogP contribution in [0.5, 0.6) is 0 Å². The van der Waals surface area contributed by atoms with Crippen LogP contribution in [0.25, 0.3) is 11.2 Å². The first kappa shape index (κ1) is 6.09. The zero-order valence-corrected chi connectivity index (χ0v) is 6.01. The first-order valence-corrected chi connectivity index (χ1v) is 3.22. The zero-order chi connectivity index (χ0) is 7.84. The molecular weight excluding hydrogens is 144 g/mol. The van der Waals surface area contributed by atoms with Gasteiger partial charge < -0.3 is 20.5 Å². The summed E-state index contributed by atoms with van der Waals surface area (Å²) in [6.45, 7) is 0. The van der Waals surface area contributed by atoms with Crippen molar-refractivity contribution in [2.45, 2.75) is 0 Å². The van der Waals surface area contributed by atoms with Gasteiger partial charge >= 0.3 is 0 Å². The smallest absolute Gasteiger partial charge is 0.248 e. The van der Waals surface area contributed by atoms with Crippen molar-refractivity contribution in [2.24, 2.45) is 0 Å². The number of furan rings is 1. The van der Waals surface area contributed by atoms with E-state index in [0.717, 1.165) is 5.52 Å². The lowest BCUT2D eigenvalue weighted by Gasteiger charge is -1.87. The lowest BCUT2D eigenvalue weighted by atomic mass is 10.5. The normalized spacial score (nSPS) is 10.6. The maximum Gasteiger partial charge on any atom is 0.248 e. The number of nitrogen functional groups attached to an aromatic ring is 1. The summed E-state index contributed by atoms with van der Waals surface area (Å²) in [5.41, 5.74) is 6.73. The molecule has 0 aliphatic rings. The number of H-pyrrole nitrogens is 1. The van der Waals surface area contributed by atoms with E-state index in [1.807, 2.05) is 0 Å². The van der Waals surface area contributed by atoms with Crippen molar-refractivity contribution in [2.75, 3.05) is 18.1 Å². The Morgan fingerprint density at radius 1 is 1.73 bits per heavy atom. The van der Waals surface area contributed by atoms with E-state index in [9.17, 15) is 0 Å². The van der Waals surface area contributed by atoms with E-state index in [0.29, 0.717) is 17.5 Å². The van der Waals surface area contributed by atoms with E-state index in [1.165, 1.54) is 0 Å². The molecule has 0 bridgehead atoms. The molecule has 5 nitrogen and oxygen atoms in total. The van der Waals surface area contributed by atoms with Crippen LogP contribution in [-0.2, 0) is 0 Å². The molecule has 58 valence electrons. The molecule has 0 atom stereocenters. The minimum Gasteiger partial charge on any atom is -0.421 e. The Hall–Kier alpha value is -1.65. The molecule has 0 fully saturated rings. The van der Waals surface area contributed by atoms with Gasteiger partial charge in [0.05, 0.1) is 0 Å². The number of hydrogen-bond acceptors (Lipinski definition) is 4. The summed E-state index contributed by atoms with van der Waals surface area (Å²) in [5, 5.41) is 2.85. The number of nitrogens with zero attached hydrogens (tertiary/aromatic N) is 1. The Morgan fingerprint density at radius 2 is 2.55 bits per heavy atom. The molecule has 2 heterocycles. The molecule has 0 unspecified atom stereocenters. The first-order chi connectivity index (χ1) is 5.29. The van der Waals surface area contributed by atoms with Crippen LogP contribution in [0, 0.1) is 0 Å². The van der Waals surface area contributed by atoms with Crippen LogP contribution in [0.4, 0.5) is 11.8 Å². The van der Waals surface area contributed by atoms with Crippen LogP contribution >= 0.6 is 0 Å². The predicted molar refractivity (Wildman–Crippen MR) is 42.3 cm³/mol. The van der Waals surface area contributed by atoms with Gasteiger partial charge in [0.25, 0.3) is 0 Å². The van der Waals surface area contributed by atoms with E-state index >= 15 is 0 Å². The van der Waals surface area contributed by atoms with E-state index in [-0.39, 0.29) is 0 Å². The second kappa shape index (κ2) is 1.91. The zero-order valence-electron chi connectivity index (χ0n) is 6.01. The highest BCUT2D eigenvalue weighted by Gasteiger charge is 2.05. The predicted octanol–water partition coefficient (Wildman–Crippen LogP) is 0.780. The minimum absolute atomic E-state index is 0.376. The fourth-order valence-corrected chi connectivity index (χ4v) is 0.948. The first-order valence-electron chi connectivity index (χ1n) is 3.22. The van der Waals surface area contributed by atoms with Crippen molar-refractivity contribution in [1.82, 2.24) is 9.97 Å². The maximum absolute atomic E-state index is 5.38. The molecule has 4 N–H and O–H groups in total. The Labute approximate surface area is 62.6 Å². The molecule has 0 aromatic carbocycles. The Morgan fingerprint density at radius 3 is 3.18 bits per heavy atom. The Kier molecular flexibility index (Phi) is 1.06. The molecule has 5 heteroatoms. The highest BCUT2D eigenvalue weighted by molar-refractivity contribution is 5.75. The van der Waals surface area contributed by atoms with Crippen LogP contribution in [-0.4, -0.2) is 17.0 Å². The number of fused-ring (bicyclic) bond motifs is 1. The van der Waals surface area contributed by atoms with Crippen molar-refractivity contribution in [3.8, 4) is 0 Å². The molecule has 11 heavy (non-hydrogen) atoms. The van der Waals surface area contributed by atoms with Gasteiger partial charge in [-0.15, -0.1) is 0 Å². The molecule has 0 radical (unpaired) electrons. The third-order valence-electron chi connectivity index (χ3n) is 1.43.